The van der Waals surface area contributed by atoms with E-state index in [4.69, 9.17) is 74.7 Å². The molecule has 37 nitrogen and oxygen atoms in total. The lowest BCUT2D eigenvalue weighted by Crippen LogP contribution is -2.60. The second-order valence-electron chi connectivity index (χ2n) is 19.5. The molecule has 16 N–H and O–H groups in total. The van der Waals surface area contributed by atoms with Gasteiger partial charge in [-0.05, 0) is 35.6 Å². The average molecular weight is 1350 g/mol. The first-order valence-electron chi connectivity index (χ1n) is 25.0. The number of esters is 2. The number of anilines is 2. The highest BCUT2D eigenvalue weighted by Crippen LogP contribution is 2.63. The number of carbonyl (C=O) groups is 2. The Balaban J connectivity index is 0.000000248. The lowest BCUT2D eigenvalue weighted by molar-refractivity contribution is -0.287. The Bertz CT molecular complexity index is 3230. The third kappa shape index (κ3) is 16.5. The molecular formula is C41H61F2N9O28P4S2. The lowest BCUT2D eigenvalue weighted by Gasteiger charge is -2.44. The molecule has 4 aliphatic rings. The number of rotatable bonds is 22. The summed E-state index contributed by atoms with van der Waals surface area (Å²) in [5, 5.41) is 80.7. The van der Waals surface area contributed by atoms with E-state index >= 15 is 0 Å². The smallest absolute Gasteiger partial charge is 0.463 e. The van der Waals surface area contributed by atoms with Gasteiger partial charge in [-0.15, -0.1) is 0 Å². The summed E-state index contributed by atoms with van der Waals surface area (Å²) in [5.41, 5.74) is 12.9. The summed E-state index contributed by atoms with van der Waals surface area (Å²) in [5.74, 6) is -2.87. The monoisotopic (exact) mass is 1350 g/mol. The Kier molecular flexibility index (Phi) is 23.0. The average Bonchev–Trinajstić information content (AvgIpc) is 1.70. The van der Waals surface area contributed by atoms with Gasteiger partial charge in [0.1, 0.15) is 85.0 Å². The highest BCUT2D eigenvalue weighted by molar-refractivity contribution is 8.08. The van der Waals surface area contributed by atoms with E-state index in [1.807, 2.05) is 0 Å². The largest absolute Gasteiger partial charge is 0.481 e. The maximum absolute atomic E-state index is 15.0. The number of ether oxygens (including phenoxy) is 6. The molecule has 0 bridgehead atoms. The van der Waals surface area contributed by atoms with Gasteiger partial charge in [-0.2, -0.15) is 0 Å². The topological polar surface area (TPSA) is 548 Å². The second kappa shape index (κ2) is 28.3. The normalized spacial score (nSPS) is 34.9. The van der Waals surface area contributed by atoms with Gasteiger partial charge in [0, 0.05) is 26.0 Å². The van der Waals surface area contributed by atoms with Crippen LogP contribution in [0.15, 0.2) is 31.2 Å². The van der Waals surface area contributed by atoms with Crippen LogP contribution in [0.1, 0.15) is 40.2 Å². The van der Waals surface area contributed by atoms with Crippen molar-refractivity contribution in [3.05, 3.63) is 31.2 Å². The molecule has 0 amide bonds. The Morgan fingerprint density at radius 3 is 1.70 bits per heavy atom. The minimum atomic E-state index is -5.48. The van der Waals surface area contributed by atoms with Crippen LogP contribution in [0.5, 0.6) is 0 Å². The molecule has 484 valence electrons. The molecule has 45 heteroatoms. The van der Waals surface area contributed by atoms with Crippen molar-refractivity contribution in [3.8, 4) is 0 Å². The fourth-order valence-corrected chi connectivity index (χ4v) is 15.2. The van der Waals surface area contributed by atoms with Crippen LogP contribution in [0.2, 0.25) is 0 Å². The SMILES string of the molecule is CC(=O)OC[C@H](F)C1O[C@@H](OP(=O)(O)OP(O)(=S)OC[C@H]2O[C@@H](n3cnc4c(N)ncnc43)C(O)[C@H]2O)C(OC(C)=O)[C@@H](C)[C@@H]1C.Nc1ccnc2c1ncn2[C@@H]1O[C@H](COP(O)(=S)OP(=O)(O)O[C@@H]2OC([C@@H](F)CO)[C@@H](O)[C@H](O)C2O)[C@H](O)C1O. The maximum atomic E-state index is 15.0. The van der Waals surface area contributed by atoms with Gasteiger partial charge < -0.3 is 109 Å². The number of alkyl halides is 2. The summed E-state index contributed by atoms with van der Waals surface area (Å²) in [4.78, 5) is 84.4. The molecule has 0 aliphatic carbocycles. The molecule has 0 spiro atoms. The molecule has 8 rings (SSSR count). The third-order valence-corrected chi connectivity index (χ3v) is 20.5. The van der Waals surface area contributed by atoms with Crippen LogP contribution in [0.4, 0.5) is 20.3 Å². The molecule has 4 saturated heterocycles. The van der Waals surface area contributed by atoms with Gasteiger partial charge in [-0.25, -0.2) is 51.5 Å². The number of aromatic nitrogens is 7. The Labute approximate surface area is 493 Å². The number of nitrogens with two attached hydrogens (primary N) is 2. The number of hydrogen-bond donors (Lipinski definition) is 14. The molecule has 4 aromatic rings. The number of fused-ring (bicyclic) bond motifs is 2. The fourth-order valence-electron chi connectivity index (χ4n) is 9.05. The number of imidazole rings is 2. The number of aliphatic hydroxyl groups excluding tert-OH is 8. The summed E-state index contributed by atoms with van der Waals surface area (Å²) in [6.45, 7) is -7.44. The van der Waals surface area contributed by atoms with Gasteiger partial charge >= 0.3 is 41.0 Å². The predicted octanol–water partition coefficient (Wildman–Crippen LogP) is -2.64. The van der Waals surface area contributed by atoms with E-state index in [-0.39, 0.29) is 22.6 Å². The summed E-state index contributed by atoms with van der Waals surface area (Å²) < 4.78 is 117. The third-order valence-electron chi connectivity index (χ3n) is 13.5. The van der Waals surface area contributed by atoms with E-state index in [2.05, 4.69) is 45.6 Å². The van der Waals surface area contributed by atoms with Gasteiger partial charge in [0.2, 0.25) is 6.29 Å². The van der Waals surface area contributed by atoms with Crippen LogP contribution in [0, 0.1) is 11.8 Å². The van der Waals surface area contributed by atoms with E-state index in [9.17, 15) is 82.8 Å². The maximum Gasteiger partial charge on any atom is 0.481 e. The van der Waals surface area contributed by atoms with Crippen molar-refractivity contribution in [2.24, 2.45) is 11.8 Å². The zero-order valence-electron chi connectivity index (χ0n) is 44.8. The van der Waals surface area contributed by atoms with Crippen molar-refractivity contribution in [3.63, 3.8) is 0 Å². The molecule has 0 radical (unpaired) electrons. The summed E-state index contributed by atoms with van der Waals surface area (Å²) in [6.07, 6.45) is -25.8. The van der Waals surface area contributed by atoms with Gasteiger partial charge in [-0.3, -0.25) is 27.8 Å². The van der Waals surface area contributed by atoms with E-state index in [1.54, 1.807) is 13.8 Å². The first-order chi connectivity index (χ1) is 40.1. The van der Waals surface area contributed by atoms with Crippen molar-refractivity contribution in [1.82, 2.24) is 34.1 Å². The van der Waals surface area contributed by atoms with E-state index in [0.29, 0.717) is 11.2 Å². The number of aliphatic hydroxyl groups is 8. The first kappa shape index (κ1) is 69.9. The molecule has 24 atom stereocenters. The standard InChI is InChI=1S/C23H34FN5O14P2S.C18H27FN4O14P2S/c1-9-10(2)19(39-12(4)31)23(41-18(9)13(24)5-37-11(3)30)42-44(34,35)43-45(36,46)38-6-14-16(32)17(33)22(40-14)29-8-28-15-20(25)26-7-27-21(15)29;19-6(3-24)15-12(27)11(26)14(29)18(35-15)36-38(30,31)37-39(32,40)33-4-8-10(25)13(28)17(34-8)23-5-22-9-7(20)1-2-21-16(9)23/h7-10,13-14,16-19,22-23,32-33H,5-6H2,1-4H3,(H,34,35)(H,36,46)(H2,25,26,27);1-2,5-6,8,10-15,17-18,24-29H,3-4H2,(H2,20,21)(H,30,31)(H,32,40)/t9-,10-,13-,14+,16-,17?,18?,19?,22+,23-,45?;6-,8+,10-,11-,12-,13?,14?,15?,17+,18-,39?/m00/s1. The molecule has 0 saturated carbocycles. The van der Waals surface area contributed by atoms with Gasteiger partial charge in [0.25, 0.3) is 0 Å². The van der Waals surface area contributed by atoms with Crippen molar-refractivity contribution in [1.29, 1.82) is 0 Å². The first-order valence-corrected chi connectivity index (χ1v) is 33.2. The van der Waals surface area contributed by atoms with Gasteiger partial charge in [-0.1, -0.05) is 13.8 Å². The summed E-state index contributed by atoms with van der Waals surface area (Å²) in [6, 6.07) is 1.51. The Hall–Kier alpha value is -3.55. The number of nitrogens with zero attached hydrogens (tertiary/aromatic N) is 7. The number of phosphoric acid groups is 2. The van der Waals surface area contributed by atoms with Gasteiger partial charge in [0.05, 0.1) is 44.3 Å². The zero-order valence-corrected chi connectivity index (χ0v) is 50.0. The number of phosphoric ester groups is 2. The summed E-state index contributed by atoms with van der Waals surface area (Å²) in [7, 11) is -10.9. The van der Waals surface area contributed by atoms with Crippen LogP contribution in [0.25, 0.3) is 22.3 Å². The predicted molar refractivity (Wildman–Crippen MR) is 285 cm³/mol. The quantitative estimate of drug-likeness (QED) is 0.0283. The molecule has 0 aromatic carbocycles. The number of halogens is 2. The van der Waals surface area contributed by atoms with E-state index in [0.717, 1.165) is 20.2 Å². The summed E-state index contributed by atoms with van der Waals surface area (Å²) >= 11 is 9.53. The Morgan fingerprint density at radius 1 is 0.663 bits per heavy atom. The zero-order chi connectivity index (χ0) is 63.7. The molecule has 86 heavy (non-hydrogen) atoms. The molecule has 10 unspecified atom stereocenters. The highest BCUT2D eigenvalue weighted by atomic mass is 32.5. The van der Waals surface area contributed by atoms with Crippen LogP contribution in [-0.2, 0) is 97.5 Å². The number of hydrogen-bond acceptors (Lipinski definition) is 33. The molecule has 4 aliphatic heterocycles. The second-order valence-corrected chi connectivity index (χ2v) is 28.2. The molecule has 4 fully saturated rings. The van der Waals surface area contributed by atoms with Crippen molar-refractivity contribution >= 4 is 98.5 Å². The number of nitrogen functional groups attached to an aromatic ring is 2. The number of pyridine rings is 1. The van der Waals surface area contributed by atoms with Crippen molar-refractivity contribution in [2.75, 3.05) is 37.9 Å². The van der Waals surface area contributed by atoms with Crippen LogP contribution >= 0.6 is 29.1 Å². The van der Waals surface area contributed by atoms with E-state index < -0.39 is 190 Å². The van der Waals surface area contributed by atoms with Crippen LogP contribution < -0.4 is 11.5 Å². The van der Waals surface area contributed by atoms with Gasteiger partial charge in [0.15, 0.2) is 54.3 Å². The number of carbonyl (C=O) groups excluding carboxylic acids is 2. The Morgan fingerprint density at radius 2 is 1.17 bits per heavy atom. The molecule has 8 heterocycles. The highest BCUT2D eigenvalue weighted by Gasteiger charge is 2.53. The fraction of sp³-hybridized carbons (Fsp3) is 0.683. The van der Waals surface area contributed by atoms with Crippen LogP contribution in [-0.4, -0.2) is 231 Å². The minimum absolute atomic E-state index is 0.0641. The van der Waals surface area contributed by atoms with Crippen molar-refractivity contribution < 1.29 is 143 Å². The van der Waals surface area contributed by atoms with Crippen molar-refractivity contribution in [2.45, 2.75) is 138 Å². The lowest BCUT2D eigenvalue weighted by atomic mass is 9.82. The van der Waals surface area contributed by atoms with E-state index in [1.165, 1.54) is 34.1 Å². The minimum Gasteiger partial charge on any atom is -0.463 e. The van der Waals surface area contributed by atoms with Crippen LogP contribution in [0.3, 0.4) is 0 Å². The molecule has 4 aromatic heterocycles. The molecular weight excluding hydrogens is 1290 g/mol.